The van der Waals surface area contributed by atoms with Crippen LogP contribution in [0.3, 0.4) is 0 Å². The summed E-state index contributed by atoms with van der Waals surface area (Å²) < 4.78 is 25.7. The van der Waals surface area contributed by atoms with Crippen molar-refractivity contribution < 1.29 is 13.3 Å². The van der Waals surface area contributed by atoms with E-state index in [0.29, 0.717) is 22.2 Å². The van der Waals surface area contributed by atoms with Crippen LogP contribution >= 0.6 is 12.2 Å². The summed E-state index contributed by atoms with van der Waals surface area (Å²) in [6, 6.07) is 4.41. The van der Waals surface area contributed by atoms with Crippen LogP contribution in [0.25, 0.3) is 11.0 Å². The first-order chi connectivity index (χ1) is 9.72. The first kappa shape index (κ1) is 14.2. The lowest BCUT2D eigenvalue weighted by molar-refractivity contribution is -0.384. The highest BCUT2D eigenvalue weighted by Crippen LogP contribution is 2.34. The van der Waals surface area contributed by atoms with E-state index < -0.39 is 20.3 Å². The molecule has 0 radical (unpaired) electrons. The SMILES string of the molecule is C[C@]1(n2c(=S)[nH]c3ccc([N+](=O)[O-])cc32)CCS(=O)(=O)C1. The number of rotatable bonds is 2. The molecule has 7 nitrogen and oxygen atoms in total. The Labute approximate surface area is 125 Å². The summed E-state index contributed by atoms with van der Waals surface area (Å²) in [5, 5.41) is 10.9. The number of H-pyrrole nitrogens is 1. The van der Waals surface area contributed by atoms with Gasteiger partial charge in [-0.15, -0.1) is 0 Å². The molecule has 0 unspecified atom stereocenters. The summed E-state index contributed by atoms with van der Waals surface area (Å²) in [5.41, 5.74) is 0.503. The molecule has 0 amide bonds. The molecule has 1 aliphatic heterocycles. The van der Waals surface area contributed by atoms with Crippen molar-refractivity contribution in [3.05, 3.63) is 33.1 Å². The van der Waals surface area contributed by atoms with Gasteiger partial charge in [-0.1, -0.05) is 0 Å². The normalized spacial score (nSPS) is 24.4. The number of aromatic amines is 1. The molecule has 0 aliphatic carbocycles. The number of nitro groups is 1. The zero-order valence-electron chi connectivity index (χ0n) is 11.2. The van der Waals surface area contributed by atoms with E-state index in [0.717, 1.165) is 0 Å². The summed E-state index contributed by atoms with van der Waals surface area (Å²) in [7, 11) is -3.11. The van der Waals surface area contributed by atoms with Gasteiger partial charge in [-0.3, -0.25) is 10.1 Å². The maximum Gasteiger partial charge on any atom is 0.271 e. The van der Waals surface area contributed by atoms with Gasteiger partial charge < -0.3 is 9.55 Å². The standard InChI is InChI=1S/C12H13N3O4S2/c1-12(4-5-21(18,19)7-12)14-10-6-8(15(16)17)2-3-9(10)13-11(14)20/h2-3,6H,4-5,7H2,1H3,(H,13,20)/t12-/m0/s1. The molecule has 21 heavy (non-hydrogen) atoms. The van der Waals surface area contributed by atoms with Crippen LogP contribution in [-0.4, -0.2) is 34.4 Å². The van der Waals surface area contributed by atoms with Gasteiger partial charge in [0.2, 0.25) is 0 Å². The maximum absolute atomic E-state index is 11.8. The molecule has 9 heteroatoms. The van der Waals surface area contributed by atoms with Gasteiger partial charge in [0.15, 0.2) is 14.6 Å². The number of benzene rings is 1. The molecule has 1 N–H and O–H groups in total. The molecule has 1 atom stereocenters. The molecule has 1 saturated heterocycles. The van der Waals surface area contributed by atoms with Crippen LogP contribution < -0.4 is 0 Å². The minimum Gasteiger partial charge on any atom is -0.331 e. The molecule has 1 aromatic heterocycles. The molecular formula is C12H13N3O4S2. The number of nitro benzene ring substituents is 1. The summed E-state index contributed by atoms with van der Waals surface area (Å²) in [4.78, 5) is 13.4. The average molecular weight is 327 g/mol. The molecule has 112 valence electrons. The van der Waals surface area contributed by atoms with E-state index in [4.69, 9.17) is 12.2 Å². The van der Waals surface area contributed by atoms with Gasteiger partial charge in [-0.2, -0.15) is 0 Å². The monoisotopic (exact) mass is 327 g/mol. The Balaban J connectivity index is 2.27. The lowest BCUT2D eigenvalue weighted by Gasteiger charge is -2.25. The fourth-order valence-electron chi connectivity index (χ4n) is 2.91. The molecule has 1 aromatic carbocycles. The third-order valence-corrected chi connectivity index (χ3v) is 6.07. The summed E-state index contributed by atoms with van der Waals surface area (Å²) in [5.74, 6) is 0.0941. The molecular weight excluding hydrogens is 314 g/mol. The minimum atomic E-state index is -3.11. The van der Waals surface area contributed by atoms with Crippen molar-refractivity contribution in [1.82, 2.24) is 9.55 Å². The highest BCUT2D eigenvalue weighted by molar-refractivity contribution is 7.91. The van der Waals surface area contributed by atoms with Crippen LogP contribution in [0.5, 0.6) is 0 Å². The Morgan fingerprint density at radius 1 is 1.48 bits per heavy atom. The van der Waals surface area contributed by atoms with Gasteiger partial charge in [0.1, 0.15) is 0 Å². The Hall–Kier alpha value is -1.74. The number of non-ortho nitro benzene ring substituents is 1. The minimum absolute atomic E-state index is 0.00997. The van der Waals surface area contributed by atoms with Crippen molar-refractivity contribution in [2.75, 3.05) is 11.5 Å². The van der Waals surface area contributed by atoms with Crippen molar-refractivity contribution in [2.45, 2.75) is 18.9 Å². The van der Waals surface area contributed by atoms with E-state index >= 15 is 0 Å². The first-order valence-corrected chi connectivity index (χ1v) is 8.55. The smallest absolute Gasteiger partial charge is 0.271 e. The van der Waals surface area contributed by atoms with E-state index in [2.05, 4.69) is 4.98 Å². The zero-order valence-corrected chi connectivity index (χ0v) is 12.8. The lowest BCUT2D eigenvalue weighted by Crippen LogP contribution is -2.31. The predicted molar refractivity (Wildman–Crippen MR) is 80.7 cm³/mol. The van der Waals surface area contributed by atoms with Crippen molar-refractivity contribution in [3.8, 4) is 0 Å². The van der Waals surface area contributed by atoms with Crippen LogP contribution in [0.15, 0.2) is 18.2 Å². The molecule has 0 bridgehead atoms. The molecule has 0 saturated carbocycles. The van der Waals surface area contributed by atoms with Gasteiger partial charge in [0, 0.05) is 12.1 Å². The third-order valence-electron chi connectivity index (χ3n) is 3.90. The fraction of sp³-hybridized carbons (Fsp3) is 0.417. The molecule has 1 fully saturated rings. The largest absolute Gasteiger partial charge is 0.331 e. The Kier molecular flexibility index (Phi) is 2.96. The number of nitrogens with one attached hydrogen (secondary N) is 1. The maximum atomic E-state index is 11.8. The van der Waals surface area contributed by atoms with Crippen molar-refractivity contribution in [2.24, 2.45) is 0 Å². The number of fused-ring (bicyclic) bond motifs is 1. The number of nitrogens with zero attached hydrogens (tertiary/aromatic N) is 2. The molecule has 2 aromatic rings. The number of imidazole rings is 1. The van der Waals surface area contributed by atoms with Crippen LogP contribution in [0, 0.1) is 14.9 Å². The Morgan fingerprint density at radius 3 is 2.76 bits per heavy atom. The van der Waals surface area contributed by atoms with Gasteiger partial charge in [0.25, 0.3) is 5.69 Å². The average Bonchev–Trinajstić information content (AvgIpc) is 2.84. The van der Waals surface area contributed by atoms with Gasteiger partial charge in [0.05, 0.1) is 33.0 Å². The van der Waals surface area contributed by atoms with Crippen LogP contribution in [0.1, 0.15) is 13.3 Å². The topological polar surface area (TPSA) is 98.0 Å². The van der Waals surface area contributed by atoms with Gasteiger partial charge in [-0.05, 0) is 31.6 Å². The second-order valence-corrected chi connectivity index (χ2v) is 8.13. The second-order valence-electron chi connectivity index (χ2n) is 5.56. The van der Waals surface area contributed by atoms with Gasteiger partial charge in [-0.25, -0.2) is 8.42 Å². The van der Waals surface area contributed by atoms with E-state index in [9.17, 15) is 18.5 Å². The zero-order chi connectivity index (χ0) is 15.4. The molecule has 0 spiro atoms. The summed E-state index contributed by atoms with van der Waals surface area (Å²) >= 11 is 5.29. The predicted octanol–water partition coefficient (Wildman–Crippen LogP) is 2.14. The van der Waals surface area contributed by atoms with Crippen LogP contribution in [-0.2, 0) is 15.4 Å². The summed E-state index contributed by atoms with van der Waals surface area (Å²) in [6.07, 6.45) is 0.444. The highest BCUT2D eigenvalue weighted by atomic mass is 32.2. The van der Waals surface area contributed by atoms with Gasteiger partial charge >= 0.3 is 0 Å². The van der Waals surface area contributed by atoms with E-state index in [-0.39, 0.29) is 17.2 Å². The number of aromatic nitrogens is 2. The van der Waals surface area contributed by atoms with Crippen LogP contribution in [0.4, 0.5) is 5.69 Å². The van der Waals surface area contributed by atoms with E-state index in [1.165, 1.54) is 12.1 Å². The lowest BCUT2D eigenvalue weighted by atomic mass is 10.0. The molecule has 3 rings (SSSR count). The van der Waals surface area contributed by atoms with Crippen LogP contribution in [0.2, 0.25) is 0 Å². The molecule has 1 aliphatic rings. The fourth-order valence-corrected chi connectivity index (χ4v) is 5.46. The number of hydrogen-bond donors (Lipinski definition) is 1. The quantitative estimate of drug-likeness (QED) is 0.518. The third kappa shape index (κ3) is 2.26. The number of hydrogen-bond acceptors (Lipinski definition) is 5. The first-order valence-electron chi connectivity index (χ1n) is 6.32. The number of sulfone groups is 1. The van der Waals surface area contributed by atoms with Crippen molar-refractivity contribution >= 4 is 38.8 Å². The highest BCUT2D eigenvalue weighted by Gasteiger charge is 2.41. The Bertz CT molecular complexity index is 912. The van der Waals surface area contributed by atoms with E-state index in [1.54, 1.807) is 10.6 Å². The van der Waals surface area contributed by atoms with Crippen molar-refractivity contribution in [1.29, 1.82) is 0 Å². The molecule has 2 heterocycles. The Morgan fingerprint density at radius 2 is 2.19 bits per heavy atom. The van der Waals surface area contributed by atoms with Crippen molar-refractivity contribution in [3.63, 3.8) is 0 Å². The summed E-state index contributed by atoms with van der Waals surface area (Å²) in [6.45, 7) is 1.82. The second kappa shape index (κ2) is 4.38. The van der Waals surface area contributed by atoms with E-state index in [1.807, 2.05) is 6.92 Å².